The lowest BCUT2D eigenvalue weighted by Crippen LogP contribution is -2.09. The van der Waals surface area contributed by atoms with Gasteiger partial charge < -0.3 is 9.26 Å². The molecule has 0 spiro atoms. The normalized spacial score (nSPS) is 13.2. The predicted molar refractivity (Wildman–Crippen MR) is 85.7 cm³/mol. The van der Waals surface area contributed by atoms with E-state index in [1.54, 1.807) is 24.3 Å². The largest absolute Gasteiger partial charge is 0.435 e. The quantitative estimate of drug-likeness (QED) is 0.662. The second-order valence-corrected chi connectivity index (χ2v) is 5.98. The van der Waals surface area contributed by atoms with Gasteiger partial charge in [0, 0.05) is 17.8 Å². The summed E-state index contributed by atoms with van der Waals surface area (Å²) in [4.78, 5) is 4.21. The monoisotopic (exact) mass is 386 g/mol. The van der Waals surface area contributed by atoms with Crippen LogP contribution in [0.3, 0.4) is 0 Å². The molecule has 1 atom stereocenters. The van der Waals surface area contributed by atoms with Gasteiger partial charge in [-0.2, -0.15) is 23.3 Å². The Bertz CT molecular complexity index is 907. The Morgan fingerprint density at radius 3 is 2.69 bits per heavy atom. The standard InChI is InChI=1S/C16H14ClF3N4O2/c1-9-6-12(16(18,19)20)22-24(9)8-13-21-15(23-26-13)14(25-2)10-4-3-5-11(17)7-10/h3-7,14H,8H2,1-2H3/t14-/m1/s1. The Balaban J connectivity index is 1.83. The first-order chi connectivity index (χ1) is 12.3. The van der Waals surface area contributed by atoms with Crippen molar-refractivity contribution in [2.24, 2.45) is 0 Å². The Morgan fingerprint density at radius 1 is 1.31 bits per heavy atom. The van der Waals surface area contributed by atoms with E-state index in [-0.39, 0.29) is 18.3 Å². The molecule has 6 nitrogen and oxygen atoms in total. The molecule has 0 aliphatic carbocycles. The Kier molecular flexibility index (Phi) is 5.01. The number of alkyl halides is 3. The van der Waals surface area contributed by atoms with Gasteiger partial charge in [0.2, 0.25) is 11.7 Å². The van der Waals surface area contributed by atoms with Crippen LogP contribution in [0.5, 0.6) is 0 Å². The van der Waals surface area contributed by atoms with Crippen LogP contribution in [0.1, 0.15) is 34.8 Å². The minimum Gasteiger partial charge on any atom is -0.369 e. The third-order valence-electron chi connectivity index (χ3n) is 3.66. The fourth-order valence-electron chi connectivity index (χ4n) is 2.44. The van der Waals surface area contributed by atoms with Crippen LogP contribution in [0, 0.1) is 6.92 Å². The van der Waals surface area contributed by atoms with Crippen molar-refractivity contribution in [1.82, 2.24) is 19.9 Å². The number of aryl methyl sites for hydroxylation is 1. The molecule has 0 aliphatic heterocycles. The minimum atomic E-state index is -4.51. The fraction of sp³-hybridized carbons (Fsp3) is 0.312. The predicted octanol–water partition coefficient (Wildman–Crippen LogP) is 4.03. The van der Waals surface area contributed by atoms with Gasteiger partial charge in [0.15, 0.2) is 5.69 Å². The van der Waals surface area contributed by atoms with E-state index in [1.165, 1.54) is 14.0 Å². The van der Waals surface area contributed by atoms with Gasteiger partial charge in [-0.1, -0.05) is 28.9 Å². The van der Waals surface area contributed by atoms with E-state index >= 15 is 0 Å². The van der Waals surface area contributed by atoms with E-state index in [2.05, 4.69) is 15.2 Å². The van der Waals surface area contributed by atoms with Gasteiger partial charge >= 0.3 is 6.18 Å². The van der Waals surface area contributed by atoms with Crippen LogP contribution in [0.25, 0.3) is 0 Å². The molecule has 0 fully saturated rings. The summed E-state index contributed by atoms with van der Waals surface area (Å²) in [5.74, 6) is 0.356. The molecule has 3 aromatic rings. The Labute approximate surface area is 151 Å². The van der Waals surface area contributed by atoms with Gasteiger partial charge in [0.05, 0.1) is 0 Å². The lowest BCUT2D eigenvalue weighted by molar-refractivity contribution is -0.141. The summed E-state index contributed by atoms with van der Waals surface area (Å²) in [6.45, 7) is 1.43. The van der Waals surface area contributed by atoms with Gasteiger partial charge in [-0.3, -0.25) is 4.68 Å². The SMILES string of the molecule is CO[C@H](c1cccc(Cl)c1)c1noc(Cn2nc(C(F)(F)F)cc2C)n1. The Morgan fingerprint density at radius 2 is 2.08 bits per heavy atom. The molecule has 0 unspecified atom stereocenters. The molecule has 10 heteroatoms. The number of halogens is 4. The number of rotatable bonds is 5. The first-order valence-electron chi connectivity index (χ1n) is 7.50. The summed E-state index contributed by atoms with van der Waals surface area (Å²) in [5, 5.41) is 7.92. The third kappa shape index (κ3) is 3.88. The number of nitrogens with zero attached hydrogens (tertiary/aromatic N) is 4. The van der Waals surface area contributed by atoms with Gasteiger partial charge in [-0.25, -0.2) is 0 Å². The highest BCUT2D eigenvalue weighted by Gasteiger charge is 2.34. The minimum absolute atomic E-state index is 0.0824. The van der Waals surface area contributed by atoms with E-state index in [0.29, 0.717) is 10.7 Å². The Hall–Kier alpha value is -2.39. The maximum Gasteiger partial charge on any atom is 0.435 e. The summed E-state index contributed by atoms with van der Waals surface area (Å²) in [6.07, 6.45) is -5.13. The molecular formula is C16H14ClF3N4O2. The van der Waals surface area contributed by atoms with E-state index in [9.17, 15) is 13.2 Å². The number of benzene rings is 1. The average Bonchev–Trinajstić information content (AvgIpc) is 3.16. The van der Waals surface area contributed by atoms with Crippen LogP contribution in [0.4, 0.5) is 13.2 Å². The number of ether oxygens (including phenoxy) is 1. The highest BCUT2D eigenvalue weighted by atomic mass is 35.5. The van der Waals surface area contributed by atoms with E-state index in [4.69, 9.17) is 20.9 Å². The summed E-state index contributed by atoms with van der Waals surface area (Å²) >= 11 is 5.98. The zero-order valence-corrected chi connectivity index (χ0v) is 14.5. The van der Waals surface area contributed by atoms with Gasteiger partial charge in [0.25, 0.3) is 0 Å². The summed E-state index contributed by atoms with van der Waals surface area (Å²) in [5.41, 5.74) is 0.0839. The molecule has 0 saturated heterocycles. The number of aromatic nitrogens is 4. The zero-order chi connectivity index (χ0) is 18.9. The first kappa shape index (κ1) is 18.4. The third-order valence-corrected chi connectivity index (χ3v) is 3.90. The van der Waals surface area contributed by atoms with E-state index < -0.39 is 18.0 Å². The van der Waals surface area contributed by atoms with Crippen LogP contribution < -0.4 is 0 Å². The van der Waals surface area contributed by atoms with E-state index in [1.807, 2.05) is 0 Å². The van der Waals surface area contributed by atoms with Crippen LogP contribution in [0.15, 0.2) is 34.9 Å². The average molecular weight is 387 g/mol. The number of methoxy groups -OCH3 is 1. The lowest BCUT2D eigenvalue weighted by Gasteiger charge is -2.11. The molecule has 0 bridgehead atoms. The first-order valence-corrected chi connectivity index (χ1v) is 7.88. The molecule has 138 valence electrons. The second-order valence-electron chi connectivity index (χ2n) is 5.54. The number of hydrogen-bond donors (Lipinski definition) is 0. The molecule has 1 aromatic carbocycles. The van der Waals surface area contributed by atoms with Crippen LogP contribution in [0.2, 0.25) is 5.02 Å². The maximum atomic E-state index is 12.7. The molecule has 0 radical (unpaired) electrons. The summed E-state index contributed by atoms with van der Waals surface area (Å²) in [7, 11) is 1.48. The summed E-state index contributed by atoms with van der Waals surface area (Å²) < 4.78 is 49.9. The van der Waals surface area contributed by atoms with Gasteiger partial charge in [-0.15, -0.1) is 0 Å². The summed E-state index contributed by atoms with van der Waals surface area (Å²) in [6, 6.07) is 7.94. The van der Waals surface area contributed by atoms with Crippen molar-refractivity contribution in [3.05, 3.63) is 64.0 Å². The van der Waals surface area contributed by atoms with Crippen molar-refractivity contribution >= 4 is 11.6 Å². The van der Waals surface area contributed by atoms with Crippen molar-refractivity contribution in [3.8, 4) is 0 Å². The smallest absolute Gasteiger partial charge is 0.369 e. The molecule has 0 N–H and O–H groups in total. The molecular weight excluding hydrogens is 373 g/mol. The van der Waals surface area contributed by atoms with Crippen molar-refractivity contribution in [2.45, 2.75) is 25.7 Å². The fourth-order valence-corrected chi connectivity index (χ4v) is 2.63. The van der Waals surface area contributed by atoms with Crippen LogP contribution in [-0.4, -0.2) is 27.0 Å². The van der Waals surface area contributed by atoms with Crippen LogP contribution >= 0.6 is 11.6 Å². The van der Waals surface area contributed by atoms with Gasteiger partial charge in [-0.05, 0) is 30.7 Å². The van der Waals surface area contributed by atoms with E-state index in [0.717, 1.165) is 16.3 Å². The topological polar surface area (TPSA) is 66.0 Å². The molecule has 2 aromatic heterocycles. The van der Waals surface area contributed by atoms with Crippen molar-refractivity contribution in [1.29, 1.82) is 0 Å². The zero-order valence-electron chi connectivity index (χ0n) is 13.8. The van der Waals surface area contributed by atoms with Crippen molar-refractivity contribution in [3.63, 3.8) is 0 Å². The molecule has 0 saturated carbocycles. The van der Waals surface area contributed by atoms with Crippen molar-refractivity contribution in [2.75, 3.05) is 7.11 Å². The lowest BCUT2D eigenvalue weighted by atomic mass is 10.1. The molecule has 3 rings (SSSR count). The van der Waals surface area contributed by atoms with Crippen LogP contribution in [-0.2, 0) is 17.5 Å². The second kappa shape index (κ2) is 7.08. The van der Waals surface area contributed by atoms with Gasteiger partial charge in [0.1, 0.15) is 12.6 Å². The van der Waals surface area contributed by atoms with Crippen molar-refractivity contribution < 1.29 is 22.4 Å². The highest BCUT2D eigenvalue weighted by molar-refractivity contribution is 6.30. The molecule has 26 heavy (non-hydrogen) atoms. The number of hydrogen-bond acceptors (Lipinski definition) is 5. The molecule has 2 heterocycles. The molecule has 0 aliphatic rings. The maximum absolute atomic E-state index is 12.7. The highest BCUT2D eigenvalue weighted by Crippen LogP contribution is 2.29. The molecule has 0 amide bonds.